The number of carbonyl (C=O) groups is 1. The molecule has 0 amide bonds. The number of carbonyl (C=O) groups excluding carboxylic acids is 1. The lowest BCUT2D eigenvalue weighted by Gasteiger charge is -2.03. The van der Waals surface area contributed by atoms with Gasteiger partial charge in [0.05, 0.1) is 7.11 Å². The molecule has 0 aromatic carbocycles. The molecule has 0 saturated carbocycles. The van der Waals surface area contributed by atoms with Crippen molar-refractivity contribution in [2.45, 2.75) is 133 Å². The predicted molar refractivity (Wildman–Crippen MR) is 116 cm³/mol. The van der Waals surface area contributed by atoms with Gasteiger partial charge in [-0.15, -0.1) is 0 Å². The topological polar surface area (TPSA) is 26.3 Å². The van der Waals surface area contributed by atoms with Crippen LogP contribution < -0.4 is 0 Å². The first-order valence-corrected chi connectivity index (χ1v) is 12.4. The number of rotatable bonds is 19. The lowest BCUT2D eigenvalue weighted by atomic mass is 10.0. The maximum absolute atomic E-state index is 11.0. The molecule has 2 nitrogen and oxygen atoms in total. The first-order chi connectivity index (χ1) is 12.8. The second-order valence-corrected chi connectivity index (χ2v) is 9.55. The predicted octanol–water partition coefficient (Wildman–Crippen LogP) is 7.69. The molecule has 1 heterocycles. The zero-order chi connectivity index (χ0) is 18.9. The SMILES string of the molecule is CCCCCCCCCCCC1SC1CCCCCCCCC(=O)OC. The highest BCUT2D eigenvalue weighted by molar-refractivity contribution is 8.07. The number of unbranched alkanes of at least 4 members (excludes halogenated alkanes) is 13. The molecule has 0 radical (unpaired) electrons. The first kappa shape index (κ1) is 23.9. The third-order valence-electron chi connectivity index (χ3n) is 5.63. The van der Waals surface area contributed by atoms with Gasteiger partial charge >= 0.3 is 5.97 Å². The van der Waals surface area contributed by atoms with Gasteiger partial charge in [0.15, 0.2) is 0 Å². The molecule has 0 aliphatic carbocycles. The fourth-order valence-corrected chi connectivity index (χ4v) is 5.00. The van der Waals surface area contributed by atoms with Crippen LogP contribution in [-0.4, -0.2) is 23.6 Å². The molecule has 0 bridgehead atoms. The highest BCUT2D eigenvalue weighted by Gasteiger charge is 2.36. The smallest absolute Gasteiger partial charge is 0.305 e. The summed E-state index contributed by atoms with van der Waals surface area (Å²) >= 11 is 2.24. The van der Waals surface area contributed by atoms with E-state index in [0.29, 0.717) is 6.42 Å². The van der Waals surface area contributed by atoms with E-state index < -0.39 is 0 Å². The molecule has 3 heteroatoms. The maximum Gasteiger partial charge on any atom is 0.305 e. The molecule has 26 heavy (non-hydrogen) atoms. The van der Waals surface area contributed by atoms with Crippen molar-refractivity contribution in [2.24, 2.45) is 0 Å². The Labute approximate surface area is 167 Å². The summed E-state index contributed by atoms with van der Waals surface area (Å²) in [5, 5.41) is 1.99. The number of thioether (sulfide) groups is 1. The highest BCUT2D eigenvalue weighted by Crippen LogP contribution is 2.47. The lowest BCUT2D eigenvalue weighted by molar-refractivity contribution is -0.140. The largest absolute Gasteiger partial charge is 0.469 e. The zero-order valence-corrected chi connectivity index (χ0v) is 18.4. The Morgan fingerprint density at radius 1 is 0.692 bits per heavy atom. The van der Waals surface area contributed by atoms with Crippen molar-refractivity contribution >= 4 is 17.7 Å². The van der Waals surface area contributed by atoms with Gasteiger partial charge in [-0.3, -0.25) is 4.79 Å². The minimum Gasteiger partial charge on any atom is -0.469 e. The van der Waals surface area contributed by atoms with Gasteiger partial charge in [-0.1, -0.05) is 96.8 Å². The number of hydrogen-bond acceptors (Lipinski definition) is 3. The summed E-state index contributed by atoms with van der Waals surface area (Å²) in [6, 6.07) is 0. The molecule has 1 fully saturated rings. The molecular formula is C23H44O2S. The lowest BCUT2D eigenvalue weighted by Crippen LogP contribution is -1.99. The van der Waals surface area contributed by atoms with Crippen molar-refractivity contribution in [1.29, 1.82) is 0 Å². The molecule has 0 aromatic heterocycles. The van der Waals surface area contributed by atoms with E-state index in [9.17, 15) is 4.79 Å². The average molecular weight is 385 g/mol. The molecule has 0 spiro atoms. The second kappa shape index (κ2) is 17.0. The van der Waals surface area contributed by atoms with E-state index in [1.54, 1.807) is 0 Å². The molecule has 154 valence electrons. The average Bonchev–Trinajstić information content (AvgIpc) is 3.40. The van der Waals surface area contributed by atoms with Crippen molar-refractivity contribution in [3.05, 3.63) is 0 Å². The van der Waals surface area contributed by atoms with E-state index in [4.69, 9.17) is 0 Å². The Balaban J connectivity index is 1.74. The maximum atomic E-state index is 11.0. The third-order valence-corrected chi connectivity index (χ3v) is 7.14. The number of esters is 1. The summed E-state index contributed by atoms with van der Waals surface area (Å²) in [5.41, 5.74) is 0. The quantitative estimate of drug-likeness (QED) is 0.130. The van der Waals surface area contributed by atoms with Crippen LogP contribution >= 0.6 is 11.8 Å². The monoisotopic (exact) mass is 384 g/mol. The fourth-order valence-electron chi connectivity index (χ4n) is 3.77. The van der Waals surface area contributed by atoms with Crippen molar-refractivity contribution in [1.82, 2.24) is 0 Å². The summed E-state index contributed by atoms with van der Waals surface area (Å²) in [4.78, 5) is 11.0. The standard InChI is InChI=1S/C23H44O2S/c1-3-4-5-6-7-8-9-12-15-18-21-22(26-21)19-16-13-10-11-14-17-20-23(24)25-2/h21-22H,3-20H2,1-2H3. The van der Waals surface area contributed by atoms with E-state index in [2.05, 4.69) is 23.4 Å². The van der Waals surface area contributed by atoms with E-state index in [0.717, 1.165) is 16.9 Å². The Bertz CT molecular complexity index is 332. The van der Waals surface area contributed by atoms with E-state index in [-0.39, 0.29) is 5.97 Å². The summed E-state index contributed by atoms with van der Waals surface area (Å²) in [7, 11) is 1.47. The van der Waals surface area contributed by atoms with Gasteiger partial charge in [-0.2, -0.15) is 11.8 Å². The molecule has 1 aliphatic rings. The van der Waals surface area contributed by atoms with Crippen molar-refractivity contribution < 1.29 is 9.53 Å². The zero-order valence-electron chi connectivity index (χ0n) is 17.6. The molecule has 0 N–H and O–H groups in total. The number of methoxy groups -OCH3 is 1. The Morgan fingerprint density at radius 2 is 1.12 bits per heavy atom. The molecule has 1 aliphatic heterocycles. The van der Waals surface area contributed by atoms with Gasteiger partial charge in [-0.25, -0.2) is 0 Å². The van der Waals surface area contributed by atoms with Gasteiger partial charge in [0.25, 0.3) is 0 Å². The number of hydrogen-bond donors (Lipinski definition) is 0. The van der Waals surface area contributed by atoms with Crippen LogP contribution in [0.4, 0.5) is 0 Å². The first-order valence-electron chi connectivity index (χ1n) is 11.5. The third kappa shape index (κ3) is 13.9. The normalized spacial score (nSPS) is 18.8. The second-order valence-electron chi connectivity index (χ2n) is 8.07. The van der Waals surface area contributed by atoms with Crippen LogP contribution in [-0.2, 0) is 9.53 Å². The van der Waals surface area contributed by atoms with Crippen LogP contribution in [0.1, 0.15) is 122 Å². The van der Waals surface area contributed by atoms with Crippen molar-refractivity contribution in [3.63, 3.8) is 0 Å². The van der Waals surface area contributed by atoms with E-state index in [1.165, 1.54) is 110 Å². The summed E-state index contributed by atoms with van der Waals surface area (Å²) in [6.45, 7) is 2.29. The van der Waals surface area contributed by atoms with Crippen LogP contribution in [0.5, 0.6) is 0 Å². The molecule has 2 unspecified atom stereocenters. The Kier molecular flexibility index (Phi) is 15.6. The fraction of sp³-hybridized carbons (Fsp3) is 0.957. The van der Waals surface area contributed by atoms with Gasteiger partial charge in [0, 0.05) is 16.9 Å². The number of ether oxygens (including phenoxy) is 1. The molecule has 0 aromatic rings. The molecule has 1 saturated heterocycles. The minimum absolute atomic E-state index is 0.0613. The Morgan fingerprint density at radius 3 is 1.58 bits per heavy atom. The highest BCUT2D eigenvalue weighted by atomic mass is 32.2. The van der Waals surface area contributed by atoms with E-state index in [1.807, 2.05) is 0 Å². The van der Waals surface area contributed by atoms with Crippen LogP contribution in [0.3, 0.4) is 0 Å². The van der Waals surface area contributed by atoms with E-state index >= 15 is 0 Å². The molecule has 1 rings (SSSR count). The van der Waals surface area contributed by atoms with Crippen LogP contribution in [0.25, 0.3) is 0 Å². The summed E-state index contributed by atoms with van der Waals surface area (Å²) in [5.74, 6) is -0.0613. The van der Waals surface area contributed by atoms with Crippen molar-refractivity contribution in [2.75, 3.05) is 7.11 Å². The van der Waals surface area contributed by atoms with Crippen LogP contribution in [0.2, 0.25) is 0 Å². The van der Waals surface area contributed by atoms with Gasteiger partial charge < -0.3 is 4.74 Å². The van der Waals surface area contributed by atoms with Gasteiger partial charge in [0.1, 0.15) is 0 Å². The van der Waals surface area contributed by atoms with Crippen LogP contribution in [0.15, 0.2) is 0 Å². The minimum atomic E-state index is -0.0613. The van der Waals surface area contributed by atoms with Crippen molar-refractivity contribution in [3.8, 4) is 0 Å². The Hall–Kier alpha value is -0.180. The summed E-state index contributed by atoms with van der Waals surface area (Å²) in [6.07, 6.45) is 24.1. The van der Waals surface area contributed by atoms with Crippen LogP contribution in [0, 0.1) is 0 Å². The van der Waals surface area contributed by atoms with Gasteiger partial charge in [-0.05, 0) is 19.3 Å². The van der Waals surface area contributed by atoms with Gasteiger partial charge in [0.2, 0.25) is 0 Å². The molecule has 2 atom stereocenters. The molecular weight excluding hydrogens is 340 g/mol. The summed E-state index contributed by atoms with van der Waals surface area (Å²) < 4.78 is 4.66.